The first-order valence-electron chi connectivity index (χ1n) is 7.47. The summed E-state index contributed by atoms with van der Waals surface area (Å²) in [6.07, 6.45) is 2.51. The van der Waals surface area contributed by atoms with Gasteiger partial charge in [-0.1, -0.05) is 39.8 Å². The number of hydrogen-bond donors (Lipinski definition) is 1. The topological polar surface area (TPSA) is 12.0 Å². The van der Waals surface area contributed by atoms with Gasteiger partial charge in [0, 0.05) is 17.5 Å². The zero-order valence-corrected chi connectivity index (χ0v) is 13.5. The Morgan fingerprint density at radius 1 is 1.32 bits per heavy atom. The van der Waals surface area contributed by atoms with Crippen molar-refractivity contribution in [1.29, 1.82) is 0 Å². The van der Waals surface area contributed by atoms with E-state index in [1.54, 1.807) is 0 Å². The predicted octanol–water partition coefficient (Wildman–Crippen LogP) is 5.14. The van der Waals surface area contributed by atoms with Crippen LogP contribution in [-0.4, -0.2) is 17.5 Å². The average Bonchev–Trinajstić information content (AvgIpc) is 2.41. The lowest BCUT2D eigenvalue weighted by atomic mass is 9.82. The van der Waals surface area contributed by atoms with Crippen LogP contribution in [0.3, 0.4) is 0 Å². The molecule has 2 unspecified atom stereocenters. The summed E-state index contributed by atoms with van der Waals surface area (Å²) in [5, 5.41) is 3.73. The van der Waals surface area contributed by atoms with Crippen LogP contribution in [0.15, 0.2) is 24.3 Å². The quantitative estimate of drug-likeness (QED) is 0.817. The number of thioether (sulfide) groups is 1. The van der Waals surface area contributed by atoms with E-state index < -0.39 is 0 Å². The Hall–Kier alpha value is -0.630. The summed E-state index contributed by atoms with van der Waals surface area (Å²) in [7, 11) is 0. The van der Waals surface area contributed by atoms with E-state index >= 15 is 0 Å². The van der Waals surface area contributed by atoms with E-state index in [0.717, 1.165) is 0 Å². The van der Waals surface area contributed by atoms with Gasteiger partial charge in [0.2, 0.25) is 0 Å². The molecule has 106 valence electrons. The van der Waals surface area contributed by atoms with E-state index in [4.69, 9.17) is 0 Å². The molecular weight excluding hydrogens is 250 g/mol. The predicted molar refractivity (Wildman–Crippen MR) is 88.3 cm³/mol. The van der Waals surface area contributed by atoms with Gasteiger partial charge in [-0.3, -0.25) is 0 Å². The number of benzene rings is 1. The standard InChI is InChI=1S/C17H27NS/c1-5-13(2)14-6-8-15(9-7-14)18-16-12-19-11-10-17(16,3)4/h6-9,13,16,18H,5,10-12H2,1-4H3. The van der Waals surface area contributed by atoms with Gasteiger partial charge in [-0.25, -0.2) is 0 Å². The van der Waals surface area contributed by atoms with Crippen molar-refractivity contribution < 1.29 is 0 Å². The molecule has 2 rings (SSSR count). The van der Waals surface area contributed by atoms with E-state index in [2.05, 4.69) is 69.0 Å². The molecule has 1 fully saturated rings. The van der Waals surface area contributed by atoms with E-state index in [1.807, 2.05) is 0 Å². The monoisotopic (exact) mass is 277 g/mol. The van der Waals surface area contributed by atoms with Crippen LogP contribution >= 0.6 is 11.8 Å². The van der Waals surface area contributed by atoms with E-state index in [9.17, 15) is 0 Å². The molecule has 1 saturated heterocycles. The normalized spacial score (nSPS) is 23.9. The molecule has 0 amide bonds. The summed E-state index contributed by atoms with van der Waals surface area (Å²) in [5.41, 5.74) is 3.12. The Balaban J connectivity index is 2.03. The lowest BCUT2D eigenvalue weighted by molar-refractivity contribution is 0.305. The number of nitrogens with one attached hydrogen (secondary N) is 1. The Morgan fingerprint density at radius 2 is 2.00 bits per heavy atom. The maximum Gasteiger partial charge on any atom is 0.0403 e. The first-order valence-corrected chi connectivity index (χ1v) is 8.62. The zero-order valence-electron chi connectivity index (χ0n) is 12.7. The molecular formula is C17H27NS. The molecule has 1 heterocycles. The van der Waals surface area contributed by atoms with Crippen LogP contribution in [0.4, 0.5) is 5.69 Å². The fourth-order valence-corrected chi connectivity index (χ4v) is 4.13. The molecule has 0 saturated carbocycles. The third-order valence-electron chi connectivity index (χ3n) is 4.55. The Labute approximate surface area is 122 Å². The third-order valence-corrected chi connectivity index (χ3v) is 5.61. The van der Waals surface area contributed by atoms with Crippen LogP contribution in [0.2, 0.25) is 0 Å². The SMILES string of the molecule is CCC(C)c1ccc(NC2CSCCC2(C)C)cc1. The summed E-state index contributed by atoms with van der Waals surface area (Å²) in [4.78, 5) is 0. The van der Waals surface area contributed by atoms with E-state index in [-0.39, 0.29) is 0 Å². The average molecular weight is 277 g/mol. The maximum absolute atomic E-state index is 3.73. The van der Waals surface area contributed by atoms with E-state index in [0.29, 0.717) is 17.4 Å². The van der Waals surface area contributed by atoms with E-state index in [1.165, 1.54) is 35.6 Å². The van der Waals surface area contributed by atoms with Crippen LogP contribution < -0.4 is 5.32 Å². The molecule has 0 radical (unpaired) electrons. The van der Waals surface area contributed by atoms with Gasteiger partial charge in [0.1, 0.15) is 0 Å². The highest BCUT2D eigenvalue weighted by Crippen LogP contribution is 2.36. The molecule has 19 heavy (non-hydrogen) atoms. The van der Waals surface area contributed by atoms with Gasteiger partial charge in [-0.2, -0.15) is 11.8 Å². The third kappa shape index (κ3) is 3.68. The highest BCUT2D eigenvalue weighted by atomic mass is 32.2. The second kappa shape index (κ2) is 6.21. The van der Waals surface area contributed by atoms with Gasteiger partial charge in [-0.05, 0) is 47.6 Å². The highest BCUT2D eigenvalue weighted by Gasteiger charge is 2.32. The summed E-state index contributed by atoms with van der Waals surface area (Å²) >= 11 is 2.07. The van der Waals surface area contributed by atoms with Crippen molar-refractivity contribution in [2.75, 3.05) is 16.8 Å². The van der Waals surface area contributed by atoms with Crippen molar-refractivity contribution in [3.8, 4) is 0 Å². The molecule has 0 bridgehead atoms. The van der Waals surface area contributed by atoms with Crippen molar-refractivity contribution in [2.24, 2.45) is 5.41 Å². The smallest absolute Gasteiger partial charge is 0.0403 e. The Bertz CT molecular complexity index is 396. The molecule has 1 aliphatic heterocycles. The second-order valence-corrected chi connectivity index (χ2v) is 7.59. The van der Waals surface area contributed by atoms with Gasteiger partial charge in [0.15, 0.2) is 0 Å². The van der Waals surface area contributed by atoms with Crippen LogP contribution in [0.5, 0.6) is 0 Å². The molecule has 1 nitrogen and oxygen atoms in total. The first-order chi connectivity index (χ1) is 9.03. The van der Waals surface area contributed by atoms with Crippen LogP contribution in [-0.2, 0) is 0 Å². The molecule has 1 aromatic carbocycles. The minimum absolute atomic E-state index is 0.403. The summed E-state index contributed by atoms with van der Waals surface area (Å²) in [6.45, 7) is 9.32. The molecule has 2 heteroatoms. The van der Waals surface area contributed by atoms with Gasteiger partial charge in [-0.15, -0.1) is 0 Å². The minimum Gasteiger partial charge on any atom is -0.381 e. The van der Waals surface area contributed by atoms with Gasteiger partial charge < -0.3 is 5.32 Å². The molecule has 1 aliphatic rings. The largest absolute Gasteiger partial charge is 0.381 e. The molecule has 1 aromatic rings. The van der Waals surface area contributed by atoms with Crippen molar-refractivity contribution >= 4 is 17.4 Å². The molecule has 0 aliphatic carbocycles. The van der Waals surface area contributed by atoms with Crippen LogP contribution in [0.1, 0.15) is 52.0 Å². The fraction of sp³-hybridized carbons (Fsp3) is 0.647. The lowest BCUT2D eigenvalue weighted by Gasteiger charge is -2.39. The molecule has 2 atom stereocenters. The van der Waals surface area contributed by atoms with Gasteiger partial charge >= 0.3 is 0 Å². The highest BCUT2D eigenvalue weighted by molar-refractivity contribution is 7.99. The van der Waals surface area contributed by atoms with Crippen molar-refractivity contribution in [1.82, 2.24) is 0 Å². The Kier molecular flexibility index (Phi) is 4.83. The van der Waals surface area contributed by atoms with Crippen molar-refractivity contribution in [3.05, 3.63) is 29.8 Å². The summed E-state index contributed by atoms with van der Waals surface area (Å²) < 4.78 is 0. The van der Waals surface area contributed by atoms with Crippen molar-refractivity contribution in [3.63, 3.8) is 0 Å². The zero-order chi connectivity index (χ0) is 13.9. The molecule has 1 N–H and O–H groups in total. The first kappa shape index (κ1) is 14.8. The molecule has 0 spiro atoms. The van der Waals surface area contributed by atoms with Gasteiger partial charge in [0.05, 0.1) is 0 Å². The second-order valence-electron chi connectivity index (χ2n) is 6.44. The Morgan fingerprint density at radius 3 is 2.58 bits per heavy atom. The lowest BCUT2D eigenvalue weighted by Crippen LogP contribution is -2.41. The summed E-state index contributed by atoms with van der Waals surface area (Å²) in [5.74, 6) is 3.19. The number of anilines is 1. The minimum atomic E-state index is 0.403. The fourth-order valence-electron chi connectivity index (χ4n) is 2.52. The van der Waals surface area contributed by atoms with Crippen LogP contribution in [0, 0.1) is 5.41 Å². The molecule has 0 aromatic heterocycles. The maximum atomic E-state index is 3.73. The van der Waals surface area contributed by atoms with Crippen LogP contribution in [0.25, 0.3) is 0 Å². The van der Waals surface area contributed by atoms with Gasteiger partial charge in [0.25, 0.3) is 0 Å². The van der Waals surface area contributed by atoms with Crippen molar-refractivity contribution in [2.45, 2.75) is 52.5 Å². The number of hydrogen-bond acceptors (Lipinski definition) is 2. The summed E-state index contributed by atoms with van der Waals surface area (Å²) in [6, 6.07) is 9.63. The number of rotatable bonds is 4.